The summed E-state index contributed by atoms with van der Waals surface area (Å²) in [6.07, 6.45) is 4.35. The van der Waals surface area contributed by atoms with Crippen LogP contribution in [-0.2, 0) is 23.1 Å². The number of carbonyl (C=O) groups is 2. The zero-order valence-electron chi connectivity index (χ0n) is 20.6. The number of halogens is 2. The first-order chi connectivity index (χ1) is 18.6. The summed E-state index contributed by atoms with van der Waals surface area (Å²) in [5.41, 5.74) is 6.01. The molecule has 12 nitrogen and oxygen atoms in total. The average Bonchev–Trinajstić information content (AvgIpc) is 3.26. The summed E-state index contributed by atoms with van der Waals surface area (Å²) in [4.78, 5) is 48.8. The second kappa shape index (κ2) is 10.6. The van der Waals surface area contributed by atoms with Crippen LogP contribution in [0.15, 0.2) is 41.7 Å². The summed E-state index contributed by atoms with van der Waals surface area (Å²) in [7, 11) is 1.54. The predicted molar refractivity (Wildman–Crippen MR) is 147 cm³/mol. The Morgan fingerprint density at radius 1 is 1.13 bits per heavy atom. The number of aromatic hydroxyl groups is 1. The highest BCUT2D eigenvalue weighted by Crippen LogP contribution is 2.37. The van der Waals surface area contributed by atoms with Gasteiger partial charge in [0.15, 0.2) is 0 Å². The molecule has 1 saturated heterocycles. The van der Waals surface area contributed by atoms with Gasteiger partial charge in [0.1, 0.15) is 23.8 Å². The van der Waals surface area contributed by atoms with Gasteiger partial charge in [0.05, 0.1) is 52.4 Å². The lowest BCUT2D eigenvalue weighted by Gasteiger charge is -2.28. The lowest BCUT2D eigenvalue weighted by molar-refractivity contribution is -0.116. The van der Waals surface area contributed by atoms with Crippen LogP contribution in [0.2, 0.25) is 10.0 Å². The quantitative estimate of drug-likeness (QED) is 0.318. The highest BCUT2D eigenvalue weighted by Gasteiger charge is 2.22. The van der Waals surface area contributed by atoms with Gasteiger partial charge >= 0.3 is 0 Å². The number of phenols is 1. The van der Waals surface area contributed by atoms with E-state index in [9.17, 15) is 19.5 Å². The smallest absolute Gasteiger partial charge is 0.263 e. The number of carbonyl (C=O) groups excluding carboxylic acids is 2. The summed E-state index contributed by atoms with van der Waals surface area (Å²) in [5.74, 6) is -1.04. The van der Waals surface area contributed by atoms with Crippen molar-refractivity contribution in [3.05, 3.63) is 62.9 Å². The topological polar surface area (TPSA) is 158 Å². The highest BCUT2D eigenvalue weighted by molar-refractivity contribution is 6.34. The van der Waals surface area contributed by atoms with Gasteiger partial charge in [0, 0.05) is 43.5 Å². The zero-order chi connectivity index (χ0) is 27.8. The molecule has 202 valence electrons. The average molecular weight is 572 g/mol. The lowest BCUT2D eigenvalue weighted by atomic mass is 10.0. The van der Waals surface area contributed by atoms with Crippen LogP contribution in [0.3, 0.4) is 0 Å². The Labute approximate surface area is 231 Å². The standard InChI is InChI=1S/C25H23Cl2N7O5/c1-32-12-30-24-22(25(32)38)15(13-6-14(23(28)37)19(35)7-16(13)26)10-34(24)11-21(36)31-18-8-20(29-9-17(18)27)33-2-4-39-5-3-33/h6-10,12,35H,2-5,11H2,1H3,(H2,28,37)(H,29,31,36). The molecule has 0 aliphatic carbocycles. The summed E-state index contributed by atoms with van der Waals surface area (Å²) >= 11 is 12.7. The minimum absolute atomic E-state index is 0.0751. The van der Waals surface area contributed by atoms with Gasteiger partial charge in [-0.15, -0.1) is 0 Å². The molecule has 2 amide bonds. The lowest BCUT2D eigenvalue weighted by Crippen LogP contribution is -2.36. The molecule has 39 heavy (non-hydrogen) atoms. The van der Waals surface area contributed by atoms with Crippen molar-refractivity contribution in [2.45, 2.75) is 6.54 Å². The first-order valence-electron chi connectivity index (χ1n) is 11.8. The Balaban J connectivity index is 1.51. The second-order valence-corrected chi connectivity index (χ2v) is 9.73. The molecule has 4 N–H and O–H groups in total. The molecule has 0 spiro atoms. The number of pyridine rings is 1. The van der Waals surface area contributed by atoms with E-state index >= 15 is 0 Å². The molecule has 4 aromatic rings. The Kier molecular flexibility index (Phi) is 7.17. The highest BCUT2D eigenvalue weighted by atomic mass is 35.5. The number of aryl methyl sites for hydroxylation is 1. The van der Waals surface area contributed by atoms with E-state index in [-0.39, 0.29) is 38.8 Å². The first kappa shape index (κ1) is 26.5. The summed E-state index contributed by atoms with van der Waals surface area (Å²) < 4.78 is 8.15. The van der Waals surface area contributed by atoms with Crippen molar-refractivity contribution >= 4 is 57.6 Å². The summed E-state index contributed by atoms with van der Waals surface area (Å²) in [5, 5.41) is 13.4. The van der Waals surface area contributed by atoms with Crippen molar-refractivity contribution in [3.8, 4) is 16.9 Å². The number of hydrogen-bond donors (Lipinski definition) is 3. The number of rotatable bonds is 6. The molecule has 5 rings (SSSR count). The van der Waals surface area contributed by atoms with Crippen molar-refractivity contribution in [2.24, 2.45) is 12.8 Å². The molecule has 0 atom stereocenters. The number of nitrogens with two attached hydrogens (primary N) is 1. The van der Waals surface area contributed by atoms with Crippen molar-refractivity contribution in [1.82, 2.24) is 19.1 Å². The molecule has 0 radical (unpaired) electrons. The largest absolute Gasteiger partial charge is 0.507 e. The van der Waals surface area contributed by atoms with E-state index in [0.29, 0.717) is 43.4 Å². The molecule has 0 bridgehead atoms. The maximum absolute atomic E-state index is 13.1. The van der Waals surface area contributed by atoms with Gasteiger partial charge in [-0.3, -0.25) is 14.4 Å². The van der Waals surface area contributed by atoms with Crippen molar-refractivity contribution in [3.63, 3.8) is 0 Å². The van der Waals surface area contributed by atoms with E-state index < -0.39 is 23.1 Å². The fourth-order valence-electron chi connectivity index (χ4n) is 4.39. The third-order valence-electron chi connectivity index (χ3n) is 6.34. The van der Waals surface area contributed by atoms with Gasteiger partial charge in [0.2, 0.25) is 5.91 Å². The molecular formula is C25H23Cl2N7O5. The number of morpholine rings is 1. The maximum Gasteiger partial charge on any atom is 0.263 e. The molecule has 3 aromatic heterocycles. The number of benzene rings is 1. The van der Waals surface area contributed by atoms with Crippen molar-refractivity contribution in [1.29, 1.82) is 0 Å². The van der Waals surface area contributed by atoms with E-state index in [1.54, 1.807) is 6.07 Å². The summed E-state index contributed by atoms with van der Waals surface area (Å²) in [6.45, 7) is 2.26. The van der Waals surface area contributed by atoms with Crippen LogP contribution < -0.4 is 21.5 Å². The van der Waals surface area contributed by atoms with Gasteiger partial charge in [-0.2, -0.15) is 0 Å². The van der Waals surface area contributed by atoms with Gasteiger partial charge in [-0.05, 0) is 12.1 Å². The molecule has 0 unspecified atom stereocenters. The van der Waals surface area contributed by atoms with Gasteiger partial charge in [-0.1, -0.05) is 23.2 Å². The number of aromatic nitrogens is 4. The van der Waals surface area contributed by atoms with Crippen LogP contribution in [0.5, 0.6) is 5.75 Å². The predicted octanol–water partition coefficient (Wildman–Crippen LogP) is 2.38. The number of hydrogen-bond acceptors (Lipinski definition) is 8. The fraction of sp³-hybridized carbons (Fsp3) is 0.240. The monoisotopic (exact) mass is 571 g/mol. The normalized spacial score (nSPS) is 13.6. The molecule has 1 fully saturated rings. The molecule has 1 aliphatic rings. The number of primary amides is 1. The Morgan fingerprint density at radius 2 is 1.87 bits per heavy atom. The van der Waals surface area contributed by atoms with Gasteiger partial charge in [0.25, 0.3) is 11.5 Å². The van der Waals surface area contributed by atoms with E-state index in [1.165, 1.54) is 47.0 Å². The van der Waals surface area contributed by atoms with Crippen LogP contribution in [0.25, 0.3) is 22.2 Å². The maximum atomic E-state index is 13.1. The van der Waals surface area contributed by atoms with Gasteiger partial charge < -0.3 is 34.9 Å². The molecule has 14 heteroatoms. The van der Waals surface area contributed by atoms with Crippen molar-refractivity contribution in [2.75, 3.05) is 36.5 Å². The number of ether oxygens (including phenoxy) is 1. The molecule has 1 aliphatic heterocycles. The van der Waals surface area contributed by atoms with Crippen molar-refractivity contribution < 1.29 is 19.4 Å². The minimum Gasteiger partial charge on any atom is -0.507 e. The Hall–Kier alpha value is -4.13. The number of amides is 2. The van der Waals surface area contributed by atoms with Crippen LogP contribution in [0.1, 0.15) is 10.4 Å². The van der Waals surface area contributed by atoms with Crippen LogP contribution in [0, 0.1) is 0 Å². The second-order valence-electron chi connectivity index (χ2n) is 8.91. The van der Waals surface area contributed by atoms with E-state index in [1.807, 2.05) is 4.90 Å². The fourth-order valence-corrected chi connectivity index (χ4v) is 4.80. The number of nitrogens with zero attached hydrogens (tertiary/aromatic N) is 5. The number of anilines is 2. The molecular weight excluding hydrogens is 549 g/mol. The third-order valence-corrected chi connectivity index (χ3v) is 6.96. The Bertz CT molecular complexity index is 1680. The van der Waals surface area contributed by atoms with Gasteiger partial charge in [-0.25, -0.2) is 9.97 Å². The first-order valence-corrected chi connectivity index (χ1v) is 12.5. The SMILES string of the molecule is Cn1cnc2c(c(-c3cc(C(N)=O)c(O)cc3Cl)cn2CC(=O)Nc2cc(N3CCOCC3)ncc2Cl)c1=O. The van der Waals surface area contributed by atoms with Crippen LogP contribution >= 0.6 is 23.2 Å². The molecule has 4 heterocycles. The summed E-state index contributed by atoms with van der Waals surface area (Å²) in [6, 6.07) is 4.17. The Morgan fingerprint density at radius 3 is 2.59 bits per heavy atom. The van der Waals surface area contributed by atoms with Crippen LogP contribution in [0.4, 0.5) is 11.5 Å². The minimum atomic E-state index is -0.870. The molecule has 0 saturated carbocycles. The molecule has 1 aromatic carbocycles. The third kappa shape index (κ3) is 5.13. The van der Waals surface area contributed by atoms with E-state index in [0.717, 1.165) is 0 Å². The number of fused-ring (bicyclic) bond motifs is 1. The van der Waals surface area contributed by atoms with E-state index in [4.69, 9.17) is 33.7 Å². The van der Waals surface area contributed by atoms with E-state index in [2.05, 4.69) is 15.3 Å². The number of nitrogens with one attached hydrogen (secondary N) is 1. The zero-order valence-corrected chi connectivity index (χ0v) is 22.2. The van der Waals surface area contributed by atoms with Crippen LogP contribution in [-0.4, -0.2) is 62.3 Å².